The van der Waals surface area contributed by atoms with Gasteiger partial charge in [-0.2, -0.15) is 0 Å². The first-order valence-electron chi connectivity index (χ1n) is 12.5. The molecule has 1 saturated heterocycles. The van der Waals surface area contributed by atoms with Crippen LogP contribution < -0.4 is 10.1 Å². The molecule has 1 aromatic heterocycles. The van der Waals surface area contributed by atoms with Crippen molar-refractivity contribution < 1.29 is 14.3 Å². The lowest BCUT2D eigenvalue weighted by Gasteiger charge is -2.43. The Bertz CT molecular complexity index is 1050. The van der Waals surface area contributed by atoms with E-state index in [0.717, 1.165) is 67.3 Å². The van der Waals surface area contributed by atoms with Crippen molar-refractivity contribution in [3.63, 3.8) is 0 Å². The molecule has 2 saturated carbocycles. The standard InChI is InChI=1S/C27H39N3O3/c1-18-22(24(31)28-25-26(2,3)19-9-10-27(25,4)17-19)20-7-6-8-21(32-5)23(20)30(18)12-11-29-13-15-33-16-14-29/h6-8,19,25H,9-17H2,1-5H3,(H,28,31). The summed E-state index contributed by atoms with van der Waals surface area (Å²) >= 11 is 0. The number of fused-ring (bicyclic) bond motifs is 3. The molecule has 33 heavy (non-hydrogen) atoms. The summed E-state index contributed by atoms with van der Waals surface area (Å²) in [6.07, 6.45) is 3.71. The Morgan fingerprint density at radius 2 is 1.97 bits per heavy atom. The molecule has 2 aliphatic carbocycles. The zero-order valence-corrected chi connectivity index (χ0v) is 20.9. The lowest BCUT2D eigenvalue weighted by Crippen LogP contribution is -2.52. The van der Waals surface area contributed by atoms with Gasteiger partial charge in [0.25, 0.3) is 5.91 Å². The van der Waals surface area contributed by atoms with E-state index in [0.29, 0.717) is 5.92 Å². The predicted molar refractivity (Wildman–Crippen MR) is 131 cm³/mol. The fraction of sp³-hybridized carbons (Fsp3) is 0.667. The van der Waals surface area contributed by atoms with Gasteiger partial charge in [0, 0.05) is 43.3 Å². The van der Waals surface area contributed by atoms with Crippen molar-refractivity contribution in [1.29, 1.82) is 0 Å². The van der Waals surface area contributed by atoms with E-state index in [1.54, 1.807) is 7.11 Å². The number of amides is 1. The summed E-state index contributed by atoms with van der Waals surface area (Å²) in [7, 11) is 1.71. The van der Waals surface area contributed by atoms with Crippen molar-refractivity contribution >= 4 is 16.8 Å². The zero-order chi connectivity index (χ0) is 23.4. The van der Waals surface area contributed by atoms with E-state index < -0.39 is 0 Å². The number of ether oxygens (including phenoxy) is 2. The average molecular weight is 454 g/mol. The van der Waals surface area contributed by atoms with E-state index in [1.165, 1.54) is 19.3 Å². The molecule has 1 aliphatic heterocycles. The minimum atomic E-state index is 0.0581. The quantitative estimate of drug-likeness (QED) is 0.711. The van der Waals surface area contributed by atoms with Gasteiger partial charge < -0.3 is 19.4 Å². The molecular weight excluding hydrogens is 414 g/mol. The molecule has 2 bridgehead atoms. The maximum Gasteiger partial charge on any atom is 0.253 e. The second-order valence-corrected chi connectivity index (χ2v) is 11.2. The first kappa shape index (κ1) is 22.7. The Balaban J connectivity index is 1.49. The highest BCUT2D eigenvalue weighted by Gasteiger charge is 2.59. The van der Waals surface area contributed by atoms with Crippen LogP contribution in [0.4, 0.5) is 0 Å². The number of carbonyl (C=O) groups is 1. The Hall–Kier alpha value is -2.05. The number of rotatable bonds is 6. The maximum absolute atomic E-state index is 13.9. The molecule has 3 aliphatic rings. The molecular formula is C27H39N3O3. The Morgan fingerprint density at radius 3 is 2.64 bits per heavy atom. The normalized spacial score (nSPS) is 29.0. The molecule has 2 aromatic rings. The van der Waals surface area contributed by atoms with Crippen LogP contribution in [0.5, 0.6) is 5.75 Å². The van der Waals surface area contributed by atoms with Crippen LogP contribution >= 0.6 is 0 Å². The fourth-order valence-electron chi connectivity index (χ4n) is 7.16. The number of nitrogens with one attached hydrogen (secondary N) is 1. The summed E-state index contributed by atoms with van der Waals surface area (Å²) < 4.78 is 13.5. The van der Waals surface area contributed by atoms with Crippen LogP contribution in [0.1, 0.15) is 56.1 Å². The lowest BCUT2D eigenvalue weighted by atomic mass is 9.68. The third-order valence-electron chi connectivity index (χ3n) is 9.04. The highest BCUT2D eigenvalue weighted by atomic mass is 16.5. The Kier molecular flexibility index (Phi) is 5.73. The first-order chi connectivity index (χ1) is 15.8. The van der Waals surface area contributed by atoms with E-state index in [4.69, 9.17) is 9.47 Å². The van der Waals surface area contributed by atoms with E-state index in [-0.39, 0.29) is 22.8 Å². The van der Waals surface area contributed by atoms with Crippen LogP contribution in [0.2, 0.25) is 0 Å². The van der Waals surface area contributed by atoms with Gasteiger partial charge in [0.15, 0.2) is 0 Å². The second kappa shape index (κ2) is 8.31. The van der Waals surface area contributed by atoms with Gasteiger partial charge in [-0.3, -0.25) is 9.69 Å². The van der Waals surface area contributed by atoms with Gasteiger partial charge in [-0.25, -0.2) is 0 Å². The molecule has 1 amide bonds. The highest BCUT2D eigenvalue weighted by Crippen LogP contribution is 2.62. The van der Waals surface area contributed by atoms with Gasteiger partial charge in [-0.05, 0) is 49.0 Å². The Labute approximate surface area is 197 Å². The molecule has 3 fully saturated rings. The predicted octanol–water partition coefficient (Wildman–Crippen LogP) is 4.24. The average Bonchev–Trinajstić information content (AvgIpc) is 3.39. The van der Waals surface area contributed by atoms with Crippen LogP contribution in [0.25, 0.3) is 10.9 Å². The first-order valence-corrected chi connectivity index (χ1v) is 12.5. The van der Waals surface area contributed by atoms with Gasteiger partial charge >= 0.3 is 0 Å². The molecule has 5 rings (SSSR count). The molecule has 180 valence electrons. The summed E-state index contributed by atoms with van der Waals surface area (Å²) in [5.41, 5.74) is 3.17. The van der Waals surface area contributed by atoms with Crippen LogP contribution in [0, 0.1) is 23.7 Å². The molecule has 3 atom stereocenters. The number of carbonyl (C=O) groups excluding carboxylic acids is 1. The van der Waals surface area contributed by atoms with E-state index in [2.05, 4.69) is 48.5 Å². The minimum Gasteiger partial charge on any atom is -0.495 e. The molecule has 6 nitrogen and oxygen atoms in total. The fourth-order valence-corrected chi connectivity index (χ4v) is 7.16. The lowest BCUT2D eigenvalue weighted by molar-refractivity contribution is 0.0365. The minimum absolute atomic E-state index is 0.0581. The van der Waals surface area contributed by atoms with Crippen LogP contribution in [0.3, 0.4) is 0 Å². The van der Waals surface area contributed by atoms with Crippen molar-refractivity contribution in [2.75, 3.05) is 40.0 Å². The molecule has 2 heterocycles. The number of aromatic nitrogens is 1. The Morgan fingerprint density at radius 1 is 1.21 bits per heavy atom. The number of morpholine rings is 1. The van der Waals surface area contributed by atoms with E-state index >= 15 is 0 Å². The van der Waals surface area contributed by atoms with Gasteiger partial charge in [-0.1, -0.05) is 32.9 Å². The molecule has 3 unspecified atom stereocenters. The number of benzene rings is 1. The van der Waals surface area contributed by atoms with Gasteiger partial charge in [-0.15, -0.1) is 0 Å². The van der Waals surface area contributed by atoms with Crippen LogP contribution in [-0.2, 0) is 11.3 Å². The number of methoxy groups -OCH3 is 1. The van der Waals surface area contributed by atoms with Crippen LogP contribution in [0.15, 0.2) is 18.2 Å². The molecule has 1 aromatic carbocycles. The molecule has 1 N–H and O–H groups in total. The van der Waals surface area contributed by atoms with Gasteiger partial charge in [0.2, 0.25) is 0 Å². The third-order valence-corrected chi connectivity index (χ3v) is 9.04. The van der Waals surface area contributed by atoms with Gasteiger partial charge in [0.05, 0.1) is 31.4 Å². The van der Waals surface area contributed by atoms with Crippen molar-refractivity contribution in [1.82, 2.24) is 14.8 Å². The number of nitrogens with zero attached hydrogens (tertiary/aromatic N) is 2. The van der Waals surface area contributed by atoms with Gasteiger partial charge in [0.1, 0.15) is 5.75 Å². The largest absolute Gasteiger partial charge is 0.495 e. The third kappa shape index (κ3) is 3.66. The summed E-state index contributed by atoms with van der Waals surface area (Å²) in [5.74, 6) is 1.58. The van der Waals surface area contributed by atoms with Crippen molar-refractivity contribution in [2.24, 2.45) is 16.7 Å². The number of hydrogen-bond acceptors (Lipinski definition) is 4. The molecule has 0 spiro atoms. The molecule has 6 heteroatoms. The van der Waals surface area contributed by atoms with E-state index in [1.807, 2.05) is 12.1 Å². The zero-order valence-electron chi connectivity index (χ0n) is 20.9. The summed E-state index contributed by atoms with van der Waals surface area (Å²) in [5, 5.41) is 4.51. The smallest absolute Gasteiger partial charge is 0.253 e. The topological polar surface area (TPSA) is 55.7 Å². The van der Waals surface area contributed by atoms with Crippen molar-refractivity contribution in [2.45, 2.75) is 59.5 Å². The number of para-hydroxylation sites is 1. The summed E-state index contributed by atoms with van der Waals surface area (Å²) in [6.45, 7) is 14.4. The second-order valence-electron chi connectivity index (χ2n) is 11.2. The highest BCUT2D eigenvalue weighted by molar-refractivity contribution is 6.09. The SMILES string of the molecule is COc1cccc2c(C(=O)NC3C4(C)CCC(C4)C3(C)C)c(C)n(CCN3CCOCC3)c12. The summed E-state index contributed by atoms with van der Waals surface area (Å²) in [6, 6.07) is 6.26. The van der Waals surface area contributed by atoms with Crippen molar-refractivity contribution in [3.8, 4) is 5.75 Å². The summed E-state index contributed by atoms with van der Waals surface area (Å²) in [4.78, 5) is 16.3. The maximum atomic E-state index is 13.9. The van der Waals surface area contributed by atoms with Crippen LogP contribution in [-0.4, -0.2) is 61.4 Å². The number of hydrogen-bond donors (Lipinski definition) is 1. The molecule has 0 radical (unpaired) electrons. The van der Waals surface area contributed by atoms with E-state index in [9.17, 15) is 4.79 Å². The van der Waals surface area contributed by atoms with Crippen molar-refractivity contribution in [3.05, 3.63) is 29.5 Å². The monoisotopic (exact) mass is 453 g/mol.